The monoisotopic (exact) mass is 339 g/mol. The third-order valence-corrected chi connectivity index (χ3v) is 4.04. The van der Waals surface area contributed by atoms with E-state index in [0.29, 0.717) is 30.9 Å². The maximum atomic E-state index is 12.3. The number of carbonyl (C=O) groups excluding carboxylic acids is 2. The van der Waals surface area contributed by atoms with Gasteiger partial charge in [0.25, 0.3) is 5.91 Å². The van der Waals surface area contributed by atoms with Crippen LogP contribution in [0.1, 0.15) is 29.6 Å². The van der Waals surface area contributed by atoms with Gasteiger partial charge in [-0.25, -0.2) is 4.98 Å². The second-order valence-corrected chi connectivity index (χ2v) is 5.88. The number of carbonyl (C=O) groups is 2. The summed E-state index contributed by atoms with van der Waals surface area (Å²) in [5.41, 5.74) is 1.40. The molecule has 7 nitrogen and oxygen atoms in total. The Kier molecular flexibility index (Phi) is 5.56. The van der Waals surface area contributed by atoms with Crippen LogP contribution < -0.4 is 10.6 Å². The number of nitrogens with zero attached hydrogens (tertiary/aromatic N) is 3. The Morgan fingerprint density at radius 1 is 1.20 bits per heavy atom. The van der Waals surface area contributed by atoms with E-state index in [1.165, 1.54) is 0 Å². The summed E-state index contributed by atoms with van der Waals surface area (Å²) in [6.07, 6.45) is 7.31. The van der Waals surface area contributed by atoms with Gasteiger partial charge in [0.15, 0.2) is 0 Å². The average molecular weight is 339 g/mol. The van der Waals surface area contributed by atoms with Gasteiger partial charge in [-0.05, 0) is 37.1 Å². The van der Waals surface area contributed by atoms with Crippen molar-refractivity contribution in [1.29, 1.82) is 0 Å². The molecule has 0 unspecified atom stereocenters. The van der Waals surface area contributed by atoms with Crippen LogP contribution in [0.15, 0.2) is 42.9 Å². The van der Waals surface area contributed by atoms with Gasteiger partial charge in [-0.1, -0.05) is 0 Å². The van der Waals surface area contributed by atoms with E-state index < -0.39 is 0 Å². The number of likely N-dealkylation sites (tertiary alicyclic amines) is 1. The third-order valence-electron chi connectivity index (χ3n) is 4.04. The first-order chi connectivity index (χ1) is 12.2. The fourth-order valence-electron chi connectivity index (χ4n) is 2.74. The Balaban J connectivity index is 1.48. The van der Waals surface area contributed by atoms with E-state index in [9.17, 15) is 9.59 Å². The van der Waals surface area contributed by atoms with Crippen molar-refractivity contribution in [3.8, 4) is 0 Å². The van der Waals surface area contributed by atoms with Crippen LogP contribution in [0.3, 0.4) is 0 Å². The largest absolute Gasteiger partial charge is 0.352 e. The zero-order valence-electron chi connectivity index (χ0n) is 13.9. The van der Waals surface area contributed by atoms with E-state index in [2.05, 4.69) is 20.6 Å². The van der Waals surface area contributed by atoms with Crippen LogP contribution in [-0.2, 0) is 4.79 Å². The van der Waals surface area contributed by atoms with E-state index in [1.807, 2.05) is 17.0 Å². The van der Waals surface area contributed by atoms with Gasteiger partial charge in [0, 0.05) is 55.9 Å². The molecule has 2 amide bonds. The standard InChI is InChI=1S/C18H21N5O2/c24-17-3-1-11-23(17)12-2-7-21-18(25)14-4-10-20-16(13-14)22-15-5-8-19-9-6-15/h4-6,8-10,13H,1-3,7,11-12H2,(H,21,25)(H,19,20,22). The second kappa shape index (κ2) is 8.23. The van der Waals surface area contributed by atoms with Gasteiger partial charge in [-0.2, -0.15) is 0 Å². The Morgan fingerprint density at radius 3 is 2.80 bits per heavy atom. The molecule has 2 N–H and O–H groups in total. The molecule has 0 aromatic carbocycles. The first-order valence-corrected chi connectivity index (χ1v) is 8.41. The van der Waals surface area contributed by atoms with Crippen LogP contribution in [0, 0.1) is 0 Å². The summed E-state index contributed by atoms with van der Waals surface area (Å²) in [7, 11) is 0. The number of rotatable bonds is 7. The lowest BCUT2D eigenvalue weighted by molar-refractivity contribution is -0.127. The zero-order valence-corrected chi connectivity index (χ0v) is 13.9. The molecule has 0 bridgehead atoms. The van der Waals surface area contributed by atoms with Crippen LogP contribution in [0.5, 0.6) is 0 Å². The summed E-state index contributed by atoms with van der Waals surface area (Å²) in [5, 5.41) is 6.02. The Hall–Kier alpha value is -2.96. The fourth-order valence-corrected chi connectivity index (χ4v) is 2.74. The SMILES string of the molecule is O=C(NCCCN1CCCC1=O)c1ccnc(Nc2ccncc2)c1. The van der Waals surface area contributed by atoms with Crippen molar-refractivity contribution in [1.82, 2.24) is 20.2 Å². The molecule has 3 rings (SSSR count). The van der Waals surface area contributed by atoms with Crippen LogP contribution in [0.2, 0.25) is 0 Å². The molecule has 25 heavy (non-hydrogen) atoms. The average Bonchev–Trinajstić information content (AvgIpc) is 3.04. The highest BCUT2D eigenvalue weighted by Crippen LogP contribution is 2.14. The number of nitrogens with one attached hydrogen (secondary N) is 2. The number of anilines is 2. The summed E-state index contributed by atoms with van der Waals surface area (Å²) in [6, 6.07) is 7.04. The lowest BCUT2D eigenvalue weighted by Gasteiger charge is -2.15. The maximum absolute atomic E-state index is 12.3. The Bertz CT molecular complexity index is 735. The minimum Gasteiger partial charge on any atom is -0.352 e. The van der Waals surface area contributed by atoms with Crippen molar-refractivity contribution in [2.45, 2.75) is 19.3 Å². The number of amides is 2. The van der Waals surface area contributed by atoms with Crippen molar-refractivity contribution >= 4 is 23.3 Å². The van der Waals surface area contributed by atoms with Crippen molar-refractivity contribution in [2.24, 2.45) is 0 Å². The van der Waals surface area contributed by atoms with Gasteiger partial charge in [0.2, 0.25) is 5.91 Å². The Morgan fingerprint density at radius 2 is 2.04 bits per heavy atom. The molecule has 2 aromatic heterocycles. The molecule has 0 radical (unpaired) electrons. The van der Waals surface area contributed by atoms with Gasteiger partial charge < -0.3 is 15.5 Å². The minimum absolute atomic E-state index is 0.145. The molecule has 3 heterocycles. The van der Waals surface area contributed by atoms with Crippen LogP contribution >= 0.6 is 0 Å². The molecule has 0 spiro atoms. The van der Waals surface area contributed by atoms with Crippen molar-refractivity contribution in [3.63, 3.8) is 0 Å². The van der Waals surface area contributed by atoms with Gasteiger partial charge in [0.05, 0.1) is 0 Å². The normalized spacial score (nSPS) is 13.8. The quantitative estimate of drug-likeness (QED) is 0.753. The molecular weight excluding hydrogens is 318 g/mol. The van der Waals surface area contributed by atoms with E-state index in [4.69, 9.17) is 0 Å². The lowest BCUT2D eigenvalue weighted by Crippen LogP contribution is -2.30. The van der Waals surface area contributed by atoms with Crippen LogP contribution in [-0.4, -0.2) is 46.3 Å². The molecule has 1 aliphatic rings. The molecule has 0 saturated carbocycles. The highest BCUT2D eigenvalue weighted by molar-refractivity contribution is 5.94. The first-order valence-electron chi connectivity index (χ1n) is 8.41. The molecule has 1 aliphatic heterocycles. The smallest absolute Gasteiger partial charge is 0.251 e. The van der Waals surface area contributed by atoms with Crippen LogP contribution in [0.4, 0.5) is 11.5 Å². The van der Waals surface area contributed by atoms with Gasteiger partial charge in [-0.15, -0.1) is 0 Å². The summed E-state index contributed by atoms with van der Waals surface area (Å²) >= 11 is 0. The topological polar surface area (TPSA) is 87.2 Å². The summed E-state index contributed by atoms with van der Waals surface area (Å²) in [5.74, 6) is 0.668. The molecule has 1 saturated heterocycles. The molecule has 0 aliphatic carbocycles. The van der Waals surface area contributed by atoms with E-state index in [-0.39, 0.29) is 11.8 Å². The summed E-state index contributed by atoms with van der Waals surface area (Å²) in [4.78, 5) is 33.8. The van der Waals surface area contributed by atoms with Crippen LogP contribution in [0.25, 0.3) is 0 Å². The molecule has 130 valence electrons. The van der Waals surface area contributed by atoms with E-state index >= 15 is 0 Å². The van der Waals surface area contributed by atoms with E-state index in [0.717, 1.165) is 25.1 Å². The summed E-state index contributed by atoms with van der Waals surface area (Å²) < 4.78 is 0. The molecule has 2 aromatic rings. The predicted octanol–water partition coefficient (Wildman–Crippen LogP) is 1.96. The predicted molar refractivity (Wildman–Crippen MR) is 94.5 cm³/mol. The first kappa shape index (κ1) is 16.9. The second-order valence-electron chi connectivity index (χ2n) is 5.88. The molecule has 1 fully saturated rings. The number of hydrogen-bond acceptors (Lipinski definition) is 5. The summed E-state index contributed by atoms with van der Waals surface area (Å²) in [6.45, 7) is 2.07. The highest BCUT2D eigenvalue weighted by atomic mass is 16.2. The number of aromatic nitrogens is 2. The van der Waals surface area contributed by atoms with Gasteiger partial charge in [-0.3, -0.25) is 14.6 Å². The van der Waals surface area contributed by atoms with Crippen molar-refractivity contribution in [2.75, 3.05) is 25.0 Å². The Labute approximate surface area is 146 Å². The number of hydrogen-bond donors (Lipinski definition) is 2. The van der Waals surface area contributed by atoms with Gasteiger partial charge in [0.1, 0.15) is 5.82 Å². The highest BCUT2D eigenvalue weighted by Gasteiger charge is 2.19. The van der Waals surface area contributed by atoms with Gasteiger partial charge >= 0.3 is 0 Å². The van der Waals surface area contributed by atoms with Crippen molar-refractivity contribution < 1.29 is 9.59 Å². The lowest BCUT2D eigenvalue weighted by atomic mass is 10.2. The van der Waals surface area contributed by atoms with E-state index in [1.54, 1.807) is 30.7 Å². The minimum atomic E-state index is -0.145. The molecule has 0 atom stereocenters. The molecular formula is C18H21N5O2. The van der Waals surface area contributed by atoms with Crippen molar-refractivity contribution in [3.05, 3.63) is 48.4 Å². The zero-order chi connectivity index (χ0) is 17.5. The molecule has 7 heteroatoms. The number of pyridine rings is 2. The third kappa shape index (κ3) is 4.76. The fraction of sp³-hybridized carbons (Fsp3) is 0.333. The maximum Gasteiger partial charge on any atom is 0.251 e.